The number of allylic oxidation sites excluding steroid dienone is 8. The first kappa shape index (κ1) is 45.0. The molecule has 0 aliphatic carbocycles. The Morgan fingerprint density at radius 2 is 0.641 bits per heavy atom. The van der Waals surface area contributed by atoms with Crippen molar-refractivity contribution in [2.24, 2.45) is 0 Å². The van der Waals surface area contributed by atoms with Crippen molar-refractivity contribution in [2.75, 3.05) is 0 Å². The van der Waals surface area contributed by atoms with Crippen LogP contribution in [0.25, 0.3) is 77.9 Å². The van der Waals surface area contributed by atoms with Crippen molar-refractivity contribution in [3.63, 3.8) is 0 Å². The van der Waals surface area contributed by atoms with E-state index < -0.39 is 35.1 Å². The van der Waals surface area contributed by atoms with Gasteiger partial charge in [-0.2, -0.15) is 26.3 Å². The zero-order valence-electron chi connectivity index (χ0n) is 35.3. The second-order valence-electron chi connectivity index (χ2n) is 15.0. The summed E-state index contributed by atoms with van der Waals surface area (Å²) >= 11 is 0. The molecular formula is C56H42F8. The van der Waals surface area contributed by atoms with Crippen molar-refractivity contribution in [3.8, 4) is 66.8 Å². The van der Waals surface area contributed by atoms with Crippen molar-refractivity contribution < 1.29 is 35.1 Å². The molecule has 0 atom stereocenters. The lowest BCUT2D eigenvalue weighted by atomic mass is 9.73. The molecule has 7 aromatic carbocycles. The Bertz CT molecular complexity index is 2710. The molecule has 0 fully saturated rings. The first-order valence-electron chi connectivity index (χ1n) is 20.6. The van der Waals surface area contributed by atoms with Gasteiger partial charge in [0.2, 0.25) is 0 Å². The van der Waals surface area contributed by atoms with Crippen LogP contribution in [0.3, 0.4) is 0 Å². The largest absolute Gasteiger partial charge is 0.419 e. The van der Waals surface area contributed by atoms with Gasteiger partial charge in [0, 0.05) is 0 Å². The van der Waals surface area contributed by atoms with Gasteiger partial charge in [-0.15, -0.1) is 0 Å². The summed E-state index contributed by atoms with van der Waals surface area (Å²) < 4.78 is 112. The van der Waals surface area contributed by atoms with Crippen LogP contribution < -0.4 is 0 Å². The molecule has 0 aromatic heterocycles. The van der Waals surface area contributed by atoms with E-state index in [0.29, 0.717) is 11.1 Å². The van der Waals surface area contributed by atoms with Crippen LogP contribution in [0.1, 0.15) is 49.9 Å². The standard InChI is InChI=1S/C56H42F8/c1-5-15-35(7-3)49-51(39-17-11-9-12-18-39)54(42-27-23-38(24-28-42)44-30-32-48(58)46(34-44)56(62,63)64)50(36(8-4)16-6-2)52(40-19-13-10-14-20-40)53(49)41-25-21-37(22-26-41)43-29-31-47(57)45(33-43)55(59,60)61/h5-34H,1-4H3/b15-5-,16-6-,35-7+,36-8+. The van der Waals surface area contributed by atoms with E-state index in [0.717, 1.165) is 91.0 Å². The summed E-state index contributed by atoms with van der Waals surface area (Å²) in [5.74, 6) is -2.70. The lowest BCUT2D eigenvalue weighted by Gasteiger charge is -2.29. The topological polar surface area (TPSA) is 0 Å². The second-order valence-corrected chi connectivity index (χ2v) is 15.0. The molecule has 0 spiro atoms. The highest BCUT2D eigenvalue weighted by Crippen LogP contribution is 2.54. The fourth-order valence-corrected chi connectivity index (χ4v) is 8.20. The number of benzene rings is 7. The predicted molar refractivity (Wildman–Crippen MR) is 246 cm³/mol. The SMILES string of the molecule is C/C=C\C(=C/C)c1c(-c2ccccc2)c(-c2ccc(-c3ccc(F)c(C(F)(F)F)c3)cc2)c(C(/C=C\C)=C/C)c(-c2ccccc2)c1-c1ccc(-c2ccc(F)c(C(F)(F)F)c2)cc1. The molecule has 7 rings (SSSR count). The third kappa shape index (κ3) is 9.04. The molecule has 0 radical (unpaired) electrons. The average molecular weight is 867 g/mol. The molecule has 0 nitrogen and oxygen atoms in total. The van der Waals surface area contributed by atoms with E-state index in [1.54, 1.807) is 24.3 Å². The van der Waals surface area contributed by atoms with Crippen LogP contribution in [0, 0.1) is 11.6 Å². The third-order valence-corrected chi connectivity index (χ3v) is 11.1. The summed E-state index contributed by atoms with van der Waals surface area (Å²) in [5, 5.41) is 0. The van der Waals surface area contributed by atoms with Gasteiger partial charge in [-0.3, -0.25) is 0 Å². The number of alkyl halides is 6. The molecule has 0 aliphatic heterocycles. The van der Waals surface area contributed by atoms with E-state index >= 15 is 0 Å². The fraction of sp³-hybridized carbons (Fsp3) is 0.107. The number of rotatable bonds is 10. The quantitative estimate of drug-likeness (QED) is 0.0949. The molecule has 7 aromatic rings. The van der Waals surface area contributed by atoms with Crippen molar-refractivity contribution in [1.29, 1.82) is 0 Å². The van der Waals surface area contributed by atoms with Crippen molar-refractivity contribution in [1.82, 2.24) is 0 Å². The van der Waals surface area contributed by atoms with E-state index in [1.807, 2.05) is 149 Å². The minimum absolute atomic E-state index is 0.204. The lowest BCUT2D eigenvalue weighted by Crippen LogP contribution is -2.08. The maximum atomic E-state index is 14.4. The average Bonchev–Trinajstić information content (AvgIpc) is 3.29. The van der Waals surface area contributed by atoms with Crippen molar-refractivity contribution in [3.05, 3.63) is 216 Å². The van der Waals surface area contributed by atoms with E-state index in [1.165, 1.54) is 12.1 Å². The Morgan fingerprint density at radius 3 is 0.922 bits per heavy atom. The zero-order chi connectivity index (χ0) is 45.8. The van der Waals surface area contributed by atoms with Crippen molar-refractivity contribution >= 4 is 11.1 Å². The maximum Gasteiger partial charge on any atom is 0.419 e. The van der Waals surface area contributed by atoms with Gasteiger partial charge in [0.05, 0.1) is 11.1 Å². The second kappa shape index (κ2) is 18.7. The molecule has 0 amide bonds. The monoisotopic (exact) mass is 866 g/mol. The summed E-state index contributed by atoms with van der Waals surface area (Å²) in [6.45, 7) is 7.74. The summed E-state index contributed by atoms with van der Waals surface area (Å²) in [5.41, 5.74) is 8.72. The van der Waals surface area contributed by atoms with Crippen LogP contribution in [0.15, 0.2) is 182 Å². The lowest BCUT2D eigenvalue weighted by molar-refractivity contribution is -0.140. The third-order valence-electron chi connectivity index (χ3n) is 11.1. The highest BCUT2D eigenvalue weighted by molar-refractivity contribution is 6.12. The molecule has 0 N–H and O–H groups in total. The first-order chi connectivity index (χ1) is 30.7. The van der Waals surface area contributed by atoms with E-state index in [-0.39, 0.29) is 11.1 Å². The Morgan fingerprint density at radius 1 is 0.359 bits per heavy atom. The van der Waals surface area contributed by atoms with Crippen LogP contribution in [0.5, 0.6) is 0 Å². The fourth-order valence-electron chi connectivity index (χ4n) is 8.20. The predicted octanol–water partition coefficient (Wildman–Crippen LogP) is 18.0. The van der Waals surface area contributed by atoms with Gasteiger partial charge in [0.25, 0.3) is 0 Å². The first-order valence-corrected chi connectivity index (χ1v) is 20.6. The molecule has 64 heavy (non-hydrogen) atoms. The molecule has 0 saturated heterocycles. The molecule has 0 unspecified atom stereocenters. The zero-order valence-corrected chi connectivity index (χ0v) is 35.3. The van der Waals surface area contributed by atoms with Gasteiger partial charge in [0.1, 0.15) is 11.6 Å². The smallest absolute Gasteiger partial charge is 0.206 e. The minimum Gasteiger partial charge on any atom is -0.206 e. The van der Waals surface area contributed by atoms with Crippen molar-refractivity contribution in [2.45, 2.75) is 40.0 Å². The van der Waals surface area contributed by atoms with Crippen LogP contribution in [-0.4, -0.2) is 0 Å². The molecule has 8 heteroatoms. The van der Waals surface area contributed by atoms with E-state index in [4.69, 9.17) is 0 Å². The molecule has 0 bridgehead atoms. The van der Waals surface area contributed by atoms with E-state index in [9.17, 15) is 35.1 Å². The van der Waals surface area contributed by atoms with Crippen LogP contribution in [-0.2, 0) is 12.4 Å². The van der Waals surface area contributed by atoms with Gasteiger partial charge in [-0.1, -0.05) is 158 Å². The Balaban J connectivity index is 1.64. The highest BCUT2D eigenvalue weighted by atomic mass is 19.4. The molecular weight excluding hydrogens is 825 g/mol. The Labute approximate surface area is 367 Å². The normalized spacial score (nSPS) is 12.8. The molecule has 0 heterocycles. The van der Waals surface area contributed by atoms with Gasteiger partial charge < -0.3 is 0 Å². The summed E-state index contributed by atoms with van der Waals surface area (Å²) in [7, 11) is 0. The highest BCUT2D eigenvalue weighted by Gasteiger charge is 2.36. The van der Waals surface area contributed by atoms with Crippen LogP contribution >= 0.6 is 0 Å². The van der Waals surface area contributed by atoms with E-state index in [2.05, 4.69) is 0 Å². The molecule has 322 valence electrons. The van der Waals surface area contributed by atoms with Crippen LogP contribution in [0.4, 0.5) is 35.1 Å². The summed E-state index contributed by atoms with van der Waals surface area (Å²) in [4.78, 5) is 0. The van der Waals surface area contributed by atoms with Gasteiger partial charge >= 0.3 is 12.4 Å². The number of halogens is 8. The van der Waals surface area contributed by atoms with Gasteiger partial charge in [0.15, 0.2) is 0 Å². The molecule has 0 saturated carbocycles. The summed E-state index contributed by atoms with van der Waals surface area (Å²) in [6.07, 6.45) is 2.22. The number of hydrogen-bond acceptors (Lipinski definition) is 0. The Hall–Kier alpha value is -7.06. The summed E-state index contributed by atoms with van der Waals surface area (Å²) in [6, 6.07) is 40.1. The van der Waals surface area contributed by atoms with Crippen LogP contribution in [0.2, 0.25) is 0 Å². The minimum atomic E-state index is -4.88. The Kier molecular flexibility index (Phi) is 13.2. The molecule has 0 aliphatic rings. The van der Waals surface area contributed by atoms with Gasteiger partial charge in [-0.05, 0) is 141 Å². The maximum absolute atomic E-state index is 14.4. The number of hydrogen-bond donors (Lipinski definition) is 0. The van der Waals surface area contributed by atoms with Gasteiger partial charge in [-0.25, -0.2) is 8.78 Å².